The molecule has 0 amide bonds. The highest BCUT2D eigenvalue weighted by Crippen LogP contribution is 2.38. The second-order valence-electron chi connectivity index (χ2n) is 6.35. The minimum atomic E-state index is 0.159. The largest absolute Gasteiger partial charge is 0.381 e. The van der Waals surface area contributed by atoms with Crippen LogP contribution in [-0.4, -0.2) is 18.8 Å². The van der Waals surface area contributed by atoms with Gasteiger partial charge in [0.25, 0.3) is 0 Å². The van der Waals surface area contributed by atoms with E-state index in [2.05, 4.69) is 6.92 Å². The zero-order valence-corrected chi connectivity index (χ0v) is 11.4. The average molecular weight is 239 g/mol. The lowest BCUT2D eigenvalue weighted by Crippen LogP contribution is -2.45. The monoisotopic (exact) mass is 239 g/mol. The second kappa shape index (κ2) is 6.19. The van der Waals surface area contributed by atoms with Crippen LogP contribution in [0.5, 0.6) is 0 Å². The van der Waals surface area contributed by atoms with E-state index in [4.69, 9.17) is 10.5 Å². The van der Waals surface area contributed by atoms with Crippen LogP contribution in [0.4, 0.5) is 0 Å². The Morgan fingerprint density at radius 1 is 1.06 bits per heavy atom. The standard InChI is InChI=1S/C15H29NO/c1-2-3-13-4-8-15(16,9-5-13)12-14-6-10-17-11-7-14/h13-14H,2-12,16H2,1H3. The van der Waals surface area contributed by atoms with Crippen molar-refractivity contribution >= 4 is 0 Å². The zero-order valence-electron chi connectivity index (χ0n) is 11.4. The van der Waals surface area contributed by atoms with Gasteiger partial charge >= 0.3 is 0 Å². The van der Waals surface area contributed by atoms with Crippen molar-refractivity contribution in [1.29, 1.82) is 0 Å². The lowest BCUT2D eigenvalue weighted by molar-refractivity contribution is 0.0506. The van der Waals surface area contributed by atoms with Crippen LogP contribution in [0, 0.1) is 11.8 Å². The van der Waals surface area contributed by atoms with Crippen LogP contribution in [-0.2, 0) is 4.74 Å². The summed E-state index contributed by atoms with van der Waals surface area (Å²) in [5.41, 5.74) is 6.77. The highest BCUT2D eigenvalue weighted by atomic mass is 16.5. The van der Waals surface area contributed by atoms with Crippen molar-refractivity contribution in [3.8, 4) is 0 Å². The summed E-state index contributed by atoms with van der Waals surface area (Å²) >= 11 is 0. The first kappa shape index (κ1) is 13.4. The highest BCUT2D eigenvalue weighted by Gasteiger charge is 2.33. The molecule has 0 atom stereocenters. The molecule has 0 bridgehead atoms. The molecule has 1 saturated carbocycles. The minimum absolute atomic E-state index is 0.159. The van der Waals surface area contributed by atoms with Crippen molar-refractivity contribution in [1.82, 2.24) is 0 Å². The van der Waals surface area contributed by atoms with Crippen LogP contribution in [0.25, 0.3) is 0 Å². The molecule has 0 aromatic heterocycles. The SMILES string of the molecule is CCCC1CCC(N)(CC2CCOCC2)CC1. The molecular formula is C15H29NO. The molecule has 1 aliphatic heterocycles. The van der Waals surface area contributed by atoms with Crippen LogP contribution < -0.4 is 5.73 Å². The molecule has 1 heterocycles. The summed E-state index contributed by atoms with van der Waals surface area (Å²) in [6, 6.07) is 0. The molecule has 1 saturated heterocycles. The second-order valence-corrected chi connectivity index (χ2v) is 6.35. The Hall–Kier alpha value is -0.0800. The number of hydrogen-bond acceptors (Lipinski definition) is 2. The Morgan fingerprint density at radius 3 is 2.29 bits per heavy atom. The molecule has 1 aliphatic carbocycles. The van der Waals surface area contributed by atoms with Gasteiger partial charge in [-0.1, -0.05) is 19.8 Å². The summed E-state index contributed by atoms with van der Waals surface area (Å²) < 4.78 is 5.43. The number of nitrogens with two attached hydrogens (primary N) is 1. The van der Waals surface area contributed by atoms with E-state index in [0.717, 1.165) is 25.0 Å². The minimum Gasteiger partial charge on any atom is -0.381 e. The Morgan fingerprint density at radius 2 is 1.71 bits per heavy atom. The number of rotatable bonds is 4. The molecule has 2 nitrogen and oxygen atoms in total. The zero-order chi connectivity index (χ0) is 12.1. The Bertz CT molecular complexity index is 215. The molecule has 2 aliphatic rings. The lowest BCUT2D eigenvalue weighted by atomic mass is 9.71. The van der Waals surface area contributed by atoms with Crippen LogP contribution in [0.15, 0.2) is 0 Å². The Kier molecular flexibility index (Phi) is 4.87. The summed E-state index contributed by atoms with van der Waals surface area (Å²) in [7, 11) is 0. The third-order valence-corrected chi connectivity index (χ3v) is 4.83. The van der Waals surface area contributed by atoms with E-state index in [1.807, 2.05) is 0 Å². The molecule has 2 heteroatoms. The maximum atomic E-state index is 6.61. The first-order valence-electron chi connectivity index (χ1n) is 7.58. The van der Waals surface area contributed by atoms with Crippen molar-refractivity contribution in [2.75, 3.05) is 13.2 Å². The third kappa shape index (κ3) is 3.96. The van der Waals surface area contributed by atoms with Crippen LogP contribution in [0.1, 0.15) is 64.7 Å². The van der Waals surface area contributed by atoms with E-state index < -0.39 is 0 Å². The van der Waals surface area contributed by atoms with Crippen molar-refractivity contribution in [3.05, 3.63) is 0 Å². The summed E-state index contributed by atoms with van der Waals surface area (Å²) in [5.74, 6) is 1.79. The van der Waals surface area contributed by atoms with Crippen LogP contribution >= 0.6 is 0 Å². The first-order chi connectivity index (χ1) is 8.22. The number of hydrogen-bond donors (Lipinski definition) is 1. The van der Waals surface area contributed by atoms with Gasteiger partial charge in [-0.25, -0.2) is 0 Å². The summed E-state index contributed by atoms with van der Waals surface area (Å²) in [6.45, 7) is 4.21. The van der Waals surface area contributed by atoms with Gasteiger partial charge in [0.05, 0.1) is 0 Å². The van der Waals surface area contributed by atoms with Gasteiger partial charge in [0.1, 0.15) is 0 Å². The molecule has 100 valence electrons. The fourth-order valence-electron chi connectivity index (χ4n) is 3.68. The fourth-order valence-corrected chi connectivity index (χ4v) is 3.68. The Balaban J connectivity index is 1.76. The smallest absolute Gasteiger partial charge is 0.0468 e. The van der Waals surface area contributed by atoms with Crippen molar-refractivity contribution < 1.29 is 4.74 Å². The van der Waals surface area contributed by atoms with Crippen molar-refractivity contribution in [3.63, 3.8) is 0 Å². The van der Waals surface area contributed by atoms with Crippen LogP contribution in [0.3, 0.4) is 0 Å². The molecule has 0 spiro atoms. The van der Waals surface area contributed by atoms with Gasteiger partial charge in [-0.3, -0.25) is 0 Å². The number of ether oxygens (including phenoxy) is 1. The van der Waals surface area contributed by atoms with Gasteiger partial charge in [0.2, 0.25) is 0 Å². The molecule has 0 aromatic rings. The van der Waals surface area contributed by atoms with E-state index in [1.54, 1.807) is 0 Å². The van der Waals surface area contributed by atoms with E-state index in [9.17, 15) is 0 Å². The van der Waals surface area contributed by atoms with Gasteiger partial charge in [-0.2, -0.15) is 0 Å². The average Bonchev–Trinajstić information content (AvgIpc) is 2.34. The van der Waals surface area contributed by atoms with Gasteiger partial charge < -0.3 is 10.5 Å². The molecule has 0 unspecified atom stereocenters. The van der Waals surface area contributed by atoms with Gasteiger partial charge in [0, 0.05) is 18.8 Å². The van der Waals surface area contributed by atoms with Gasteiger partial charge in [0.15, 0.2) is 0 Å². The molecule has 0 radical (unpaired) electrons. The van der Waals surface area contributed by atoms with E-state index in [1.165, 1.54) is 57.8 Å². The Labute approximate surface area is 106 Å². The molecule has 0 aromatic carbocycles. The first-order valence-corrected chi connectivity index (χ1v) is 7.58. The molecule has 2 fully saturated rings. The fraction of sp³-hybridized carbons (Fsp3) is 1.00. The molecule has 17 heavy (non-hydrogen) atoms. The van der Waals surface area contributed by atoms with E-state index >= 15 is 0 Å². The van der Waals surface area contributed by atoms with Crippen molar-refractivity contribution in [2.24, 2.45) is 17.6 Å². The van der Waals surface area contributed by atoms with E-state index in [-0.39, 0.29) is 5.54 Å². The summed E-state index contributed by atoms with van der Waals surface area (Å²) in [4.78, 5) is 0. The maximum absolute atomic E-state index is 6.61. The highest BCUT2D eigenvalue weighted by molar-refractivity contribution is 4.91. The van der Waals surface area contributed by atoms with Gasteiger partial charge in [-0.15, -0.1) is 0 Å². The van der Waals surface area contributed by atoms with Gasteiger partial charge in [-0.05, 0) is 56.8 Å². The lowest BCUT2D eigenvalue weighted by Gasteiger charge is -2.40. The third-order valence-electron chi connectivity index (χ3n) is 4.83. The summed E-state index contributed by atoms with van der Waals surface area (Å²) in [5, 5.41) is 0. The topological polar surface area (TPSA) is 35.2 Å². The molecular weight excluding hydrogens is 210 g/mol. The predicted octanol–water partition coefficient (Wildman–Crippen LogP) is 3.49. The van der Waals surface area contributed by atoms with Crippen LogP contribution in [0.2, 0.25) is 0 Å². The van der Waals surface area contributed by atoms with E-state index in [0.29, 0.717) is 0 Å². The maximum Gasteiger partial charge on any atom is 0.0468 e. The summed E-state index contributed by atoms with van der Waals surface area (Å²) in [6.07, 6.45) is 11.7. The molecule has 2 N–H and O–H groups in total. The molecule has 2 rings (SSSR count). The quantitative estimate of drug-likeness (QED) is 0.815. The normalized spacial score (nSPS) is 36.0. The van der Waals surface area contributed by atoms with Crippen molar-refractivity contribution in [2.45, 2.75) is 70.3 Å². The predicted molar refractivity (Wildman–Crippen MR) is 71.9 cm³/mol.